The van der Waals surface area contributed by atoms with Gasteiger partial charge >= 0.3 is 0 Å². The third kappa shape index (κ3) is 1.56. The lowest BCUT2D eigenvalue weighted by Crippen LogP contribution is -1.89. The van der Waals surface area contributed by atoms with Gasteiger partial charge in [-0.3, -0.25) is 0 Å². The predicted octanol–water partition coefficient (Wildman–Crippen LogP) is 2.52. The Bertz CT molecular complexity index is 376. The van der Waals surface area contributed by atoms with Crippen LogP contribution in [0.1, 0.15) is 0 Å². The molecular formula is C11H12N2. The molecule has 1 aromatic carbocycles. The van der Waals surface area contributed by atoms with Crippen LogP contribution in [0.2, 0.25) is 0 Å². The summed E-state index contributed by atoms with van der Waals surface area (Å²) in [7, 11) is 1.92. The van der Waals surface area contributed by atoms with Crippen LogP contribution in [0.3, 0.4) is 0 Å². The molecule has 0 atom stereocenters. The van der Waals surface area contributed by atoms with Gasteiger partial charge in [0.1, 0.15) is 0 Å². The summed E-state index contributed by atoms with van der Waals surface area (Å²) in [6.45, 7) is 0. The van der Waals surface area contributed by atoms with Crippen LogP contribution < -0.4 is 5.32 Å². The maximum absolute atomic E-state index is 3.10. The van der Waals surface area contributed by atoms with E-state index in [-0.39, 0.29) is 0 Å². The SMILES string of the molecule is CNc1ccn(-c2ccccc2)c1. The van der Waals surface area contributed by atoms with Crippen molar-refractivity contribution in [1.29, 1.82) is 0 Å². The molecule has 0 aliphatic heterocycles. The molecular weight excluding hydrogens is 160 g/mol. The molecule has 0 fully saturated rings. The van der Waals surface area contributed by atoms with E-state index >= 15 is 0 Å². The second-order valence-electron chi connectivity index (χ2n) is 2.89. The van der Waals surface area contributed by atoms with Crippen molar-refractivity contribution in [1.82, 2.24) is 4.57 Å². The fraction of sp³-hybridized carbons (Fsp3) is 0.0909. The Morgan fingerprint density at radius 1 is 1.08 bits per heavy atom. The minimum absolute atomic E-state index is 1.13. The Balaban J connectivity index is 2.36. The van der Waals surface area contributed by atoms with Crippen LogP contribution in [-0.2, 0) is 0 Å². The Morgan fingerprint density at radius 3 is 2.46 bits per heavy atom. The normalized spacial score (nSPS) is 9.92. The number of para-hydroxylation sites is 1. The average Bonchev–Trinajstić information content (AvgIpc) is 2.67. The summed E-state index contributed by atoms with van der Waals surface area (Å²) >= 11 is 0. The predicted molar refractivity (Wildman–Crippen MR) is 55.3 cm³/mol. The number of anilines is 1. The molecule has 2 nitrogen and oxygen atoms in total. The number of rotatable bonds is 2. The third-order valence-electron chi connectivity index (χ3n) is 2.04. The van der Waals surface area contributed by atoms with Crippen molar-refractivity contribution in [2.24, 2.45) is 0 Å². The smallest absolute Gasteiger partial charge is 0.0521 e. The van der Waals surface area contributed by atoms with Gasteiger partial charge in [-0.25, -0.2) is 0 Å². The average molecular weight is 172 g/mol. The Hall–Kier alpha value is -1.70. The third-order valence-corrected chi connectivity index (χ3v) is 2.04. The lowest BCUT2D eigenvalue weighted by Gasteiger charge is -2.00. The van der Waals surface area contributed by atoms with Gasteiger partial charge in [0.25, 0.3) is 0 Å². The summed E-state index contributed by atoms with van der Waals surface area (Å²) in [5.41, 5.74) is 2.31. The molecule has 0 unspecified atom stereocenters. The van der Waals surface area contributed by atoms with E-state index in [1.54, 1.807) is 0 Å². The standard InChI is InChI=1S/C11H12N2/c1-12-10-7-8-13(9-10)11-5-3-2-4-6-11/h2-9,12H,1H3. The van der Waals surface area contributed by atoms with Crippen LogP contribution in [0.5, 0.6) is 0 Å². The molecule has 1 heterocycles. The van der Waals surface area contributed by atoms with Gasteiger partial charge in [-0.15, -0.1) is 0 Å². The Kier molecular flexibility index (Phi) is 2.04. The molecule has 1 N–H and O–H groups in total. The van der Waals surface area contributed by atoms with Crippen LogP contribution in [0.15, 0.2) is 48.8 Å². The first-order valence-electron chi connectivity index (χ1n) is 4.31. The molecule has 0 amide bonds. The lowest BCUT2D eigenvalue weighted by molar-refractivity contribution is 1.08. The highest BCUT2D eigenvalue weighted by atomic mass is 15.0. The number of hydrogen-bond donors (Lipinski definition) is 1. The Morgan fingerprint density at radius 2 is 1.85 bits per heavy atom. The van der Waals surface area contributed by atoms with Gasteiger partial charge in [-0.2, -0.15) is 0 Å². The van der Waals surface area contributed by atoms with Crippen molar-refractivity contribution in [3.63, 3.8) is 0 Å². The Labute approximate surface area is 77.8 Å². The maximum Gasteiger partial charge on any atom is 0.0521 e. The highest BCUT2D eigenvalue weighted by molar-refractivity contribution is 5.44. The van der Waals surface area contributed by atoms with Crippen LogP contribution in [-0.4, -0.2) is 11.6 Å². The molecule has 0 saturated carbocycles. The van der Waals surface area contributed by atoms with Crippen LogP contribution >= 0.6 is 0 Å². The van der Waals surface area contributed by atoms with E-state index in [1.165, 1.54) is 5.69 Å². The summed E-state index contributed by atoms with van der Waals surface area (Å²) in [4.78, 5) is 0. The molecule has 2 aromatic rings. The van der Waals surface area contributed by atoms with Gasteiger partial charge in [0.05, 0.1) is 5.69 Å². The largest absolute Gasteiger partial charge is 0.387 e. The van der Waals surface area contributed by atoms with E-state index in [0.717, 1.165) is 5.69 Å². The molecule has 0 aliphatic carbocycles. The molecule has 1 aromatic heterocycles. The van der Waals surface area contributed by atoms with E-state index in [1.807, 2.05) is 37.5 Å². The second kappa shape index (κ2) is 3.35. The molecule has 2 rings (SSSR count). The molecule has 0 spiro atoms. The van der Waals surface area contributed by atoms with Crippen LogP contribution in [0, 0.1) is 0 Å². The first kappa shape index (κ1) is 7.92. The monoisotopic (exact) mass is 172 g/mol. The minimum Gasteiger partial charge on any atom is -0.387 e. The van der Waals surface area contributed by atoms with Crippen molar-refractivity contribution < 1.29 is 0 Å². The summed E-state index contributed by atoms with van der Waals surface area (Å²) in [6.07, 6.45) is 4.11. The summed E-state index contributed by atoms with van der Waals surface area (Å²) in [5, 5.41) is 3.10. The zero-order valence-electron chi connectivity index (χ0n) is 7.57. The van der Waals surface area contributed by atoms with Gasteiger partial charge < -0.3 is 9.88 Å². The lowest BCUT2D eigenvalue weighted by atomic mass is 10.3. The number of hydrogen-bond acceptors (Lipinski definition) is 1. The van der Waals surface area contributed by atoms with Gasteiger partial charge in [0, 0.05) is 25.1 Å². The van der Waals surface area contributed by atoms with Crippen molar-refractivity contribution in [2.45, 2.75) is 0 Å². The topological polar surface area (TPSA) is 17.0 Å². The first-order chi connectivity index (χ1) is 6.40. The zero-order chi connectivity index (χ0) is 9.10. The highest BCUT2D eigenvalue weighted by Gasteiger charge is 1.95. The number of aromatic nitrogens is 1. The second-order valence-corrected chi connectivity index (χ2v) is 2.89. The van der Waals surface area contributed by atoms with Gasteiger partial charge in [-0.1, -0.05) is 18.2 Å². The van der Waals surface area contributed by atoms with E-state index in [2.05, 4.69) is 28.2 Å². The number of nitrogens with one attached hydrogen (secondary N) is 1. The number of benzene rings is 1. The summed E-state index contributed by atoms with van der Waals surface area (Å²) in [5.74, 6) is 0. The fourth-order valence-corrected chi connectivity index (χ4v) is 1.31. The van der Waals surface area contributed by atoms with Crippen LogP contribution in [0.25, 0.3) is 5.69 Å². The van der Waals surface area contributed by atoms with E-state index < -0.39 is 0 Å². The molecule has 13 heavy (non-hydrogen) atoms. The number of nitrogens with zero attached hydrogens (tertiary/aromatic N) is 1. The quantitative estimate of drug-likeness (QED) is 0.736. The highest BCUT2D eigenvalue weighted by Crippen LogP contribution is 2.12. The minimum atomic E-state index is 1.13. The maximum atomic E-state index is 3.10. The van der Waals surface area contributed by atoms with E-state index in [0.29, 0.717) is 0 Å². The molecule has 0 saturated heterocycles. The summed E-state index contributed by atoms with van der Waals surface area (Å²) in [6, 6.07) is 12.3. The van der Waals surface area contributed by atoms with Gasteiger partial charge in [-0.05, 0) is 18.2 Å². The molecule has 66 valence electrons. The van der Waals surface area contributed by atoms with Gasteiger partial charge in [0.15, 0.2) is 0 Å². The van der Waals surface area contributed by atoms with Crippen molar-refractivity contribution in [2.75, 3.05) is 12.4 Å². The van der Waals surface area contributed by atoms with Crippen LogP contribution in [0.4, 0.5) is 5.69 Å². The van der Waals surface area contributed by atoms with Crippen molar-refractivity contribution in [3.8, 4) is 5.69 Å². The first-order valence-corrected chi connectivity index (χ1v) is 4.31. The molecule has 2 heteroatoms. The fourth-order valence-electron chi connectivity index (χ4n) is 1.31. The molecule has 0 aliphatic rings. The summed E-state index contributed by atoms with van der Waals surface area (Å²) < 4.78 is 2.09. The molecule has 0 bridgehead atoms. The zero-order valence-corrected chi connectivity index (χ0v) is 7.57. The molecule has 0 radical (unpaired) electrons. The van der Waals surface area contributed by atoms with E-state index in [9.17, 15) is 0 Å². The van der Waals surface area contributed by atoms with Crippen molar-refractivity contribution >= 4 is 5.69 Å². The van der Waals surface area contributed by atoms with E-state index in [4.69, 9.17) is 0 Å². The van der Waals surface area contributed by atoms with Gasteiger partial charge in [0.2, 0.25) is 0 Å². The van der Waals surface area contributed by atoms with Crippen molar-refractivity contribution in [3.05, 3.63) is 48.8 Å².